The number of halogens is 1. The first-order chi connectivity index (χ1) is 12.5. The van der Waals surface area contributed by atoms with Crippen LogP contribution in [0.2, 0.25) is 5.02 Å². The Kier molecular flexibility index (Phi) is 4.07. The molecule has 1 aromatic carbocycles. The molecule has 1 saturated carbocycles. The zero-order valence-corrected chi connectivity index (χ0v) is 15.3. The van der Waals surface area contributed by atoms with Crippen molar-refractivity contribution < 1.29 is 9.53 Å². The van der Waals surface area contributed by atoms with Gasteiger partial charge in [0.2, 0.25) is 0 Å². The fourth-order valence-corrected chi connectivity index (χ4v) is 3.32. The van der Waals surface area contributed by atoms with Crippen molar-refractivity contribution in [2.45, 2.75) is 32.6 Å². The number of fused-ring (bicyclic) bond motifs is 1. The molecule has 1 aliphatic carbocycles. The van der Waals surface area contributed by atoms with Gasteiger partial charge in [0.1, 0.15) is 5.52 Å². The average Bonchev–Trinajstić information content (AvgIpc) is 3.37. The fourth-order valence-electron chi connectivity index (χ4n) is 3.14. The maximum Gasteiger partial charge on any atom is 0.340 e. The monoisotopic (exact) mass is 371 g/mol. The van der Waals surface area contributed by atoms with E-state index in [0.29, 0.717) is 27.5 Å². The Balaban J connectivity index is 1.91. The number of nitrogens with zero attached hydrogens (tertiary/aromatic N) is 2. The number of carbonyl (C=O) groups is 1. The third-order valence-electron chi connectivity index (χ3n) is 4.61. The van der Waals surface area contributed by atoms with Crippen LogP contribution < -0.4 is 5.56 Å². The molecule has 4 rings (SSSR count). The van der Waals surface area contributed by atoms with E-state index in [1.54, 1.807) is 19.2 Å². The first-order valence-electron chi connectivity index (χ1n) is 8.58. The summed E-state index contributed by atoms with van der Waals surface area (Å²) in [5.41, 5.74) is 2.96. The molecule has 0 spiro atoms. The van der Waals surface area contributed by atoms with Crippen LogP contribution in [0.5, 0.6) is 0 Å². The number of nitrogens with one attached hydrogen (secondary N) is 1. The van der Waals surface area contributed by atoms with Gasteiger partial charge >= 0.3 is 5.97 Å². The lowest BCUT2D eigenvalue weighted by atomic mass is 10.1. The lowest BCUT2D eigenvalue weighted by Crippen LogP contribution is -2.14. The molecule has 1 aliphatic rings. The zero-order chi connectivity index (χ0) is 18.4. The van der Waals surface area contributed by atoms with Crippen LogP contribution in [0.3, 0.4) is 0 Å². The third kappa shape index (κ3) is 2.80. The SMILES string of the molecule is CCOC(=O)c1cn2nc(-c3ccc(C)c(Cl)c3)[nH]c(=O)c2c1C1CC1. The Labute approximate surface area is 154 Å². The van der Waals surface area contributed by atoms with Crippen molar-refractivity contribution in [3.63, 3.8) is 0 Å². The second-order valence-corrected chi connectivity index (χ2v) is 6.92. The number of hydrogen-bond acceptors (Lipinski definition) is 4. The Morgan fingerprint density at radius 2 is 2.19 bits per heavy atom. The molecule has 0 saturated heterocycles. The van der Waals surface area contributed by atoms with Crippen LogP contribution in [-0.2, 0) is 4.74 Å². The maximum absolute atomic E-state index is 12.8. The Morgan fingerprint density at radius 1 is 1.42 bits per heavy atom. The van der Waals surface area contributed by atoms with Crippen LogP contribution in [-0.4, -0.2) is 27.2 Å². The summed E-state index contributed by atoms with van der Waals surface area (Å²) < 4.78 is 6.64. The first kappa shape index (κ1) is 16.8. The van der Waals surface area contributed by atoms with E-state index in [9.17, 15) is 9.59 Å². The summed E-state index contributed by atoms with van der Waals surface area (Å²) >= 11 is 6.19. The number of aryl methyl sites for hydroxylation is 1. The van der Waals surface area contributed by atoms with Gasteiger partial charge in [0, 0.05) is 22.3 Å². The number of carbonyl (C=O) groups excluding carboxylic acids is 1. The van der Waals surface area contributed by atoms with E-state index >= 15 is 0 Å². The number of H-pyrrole nitrogens is 1. The van der Waals surface area contributed by atoms with E-state index in [1.807, 2.05) is 19.1 Å². The van der Waals surface area contributed by atoms with Gasteiger partial charge in [-0.05, 0) is 44.2 Å². The number of hydrogen-bond donors (Lipinski definition) is 1. The van der Waals surface area contributed by atoms with Crippen LogP contribution in [0, 0.1) is 6.92 Å². The van der Waals surface area contributed by atoms with Crippen LogP contribution in [0.1, 0.15) is 47.2 Å². The van der Waals surface area contributed by atoms with Gasteiger partial charge in [0.25, 0.3) is 5.56 Å². The Morgan fingerprint density at radius 3 is 2.85 bits per heavy atom. The van der Waals surface area contributed by atoms with Crippen LogP contribution in [0.25, 0.3) is 16.9 Å². The summed E-state index contributed by atoms with van der Waals surface area (Å²) in [7, 11) is 0. The number of aromatic nitrogens is 3. The maximum atomic E-state index is 12.8. The number of benzene rings is 1. The summed E-state index contributed by atoms with van der Waals surface area (Å²) in [5, 5.41) is 5.11. The molecule has 3 aromatic rings. The van der Waals surface area contributed by atoms with E-state index in [-0.39, 0.29) is 18.1 Å². The molecule has 1 N–H and O–H groups in total. The minimum absolute atomic E-state index is 0.210. The normalized spacial score (nSPS) is 14.0. The Hall–Kier alpha value is -2.60. The van der Waals surface area contributed by atoms with Crippen molar-refractivity contribution in [1.29, 1.82) is 0 Å². The smallest absolute Gasteiger partial charge is 0.340 e. The van der Waals surface area contributed by atoms with Gasteiger partial charge < -0.3 is 9.72 Å². The summed E-state index contributed by atoms with van der Waals surface area (Å²) in [6, 6.07) is 5.48. The molecule has 0 unspecified atom stereocenters. The number of rotatable bonds is 4. The summed E-state index contributed by atoms with van der Waals surface area (Å²) in [6.45, 7) is 3.95. The van der Waals surface area contributed by atoms with Crippen LogP contribution in [0.15, 0.2) is 29.2 Å². The van der Waals surface area contributed by atoms with Gasteiger partial charge in [-0.1, -0.05) is 23.7 Å². The summed E-state index contributed by atoms with van der Waals surface area (Å²) in [6.07, 6.45) is 3.51. The summed E-state index contributed by atoms with van der Waals surface area (Å²) in [4.78, 5) is 27.9. The quantitative estimate of drug-likeness (QED) is 0.709. The molecule has 134 valence electrons. The van der Waals surface area contributed by atoms with E-state index in [1.165, 1.54) is 4.52 Å². The molecule has 0 radical (unpaired) electrons. The highest BCUT2D eigenvalue weighted by Gasteiger charge is 2.33. The van der Waals surface area contributed by atoms with E-state index < -0.39 is 5.97 Å². The van der Waals surface area contributed by atoms with Crippen molar-refractivity contribution >= 4 is 23.1 Å². The standard InChI is InChI=1S/C19H18ClN3O3/c1-3-26-19(25)13-9-23-16(15(13)11-6-7-11)18(24)21-17(22-23)12-5-4-10(2)14(20)8-12/h4-5,8-9,11H,3,6-7H2,1-2H3,(H,21,22,24). The molecule has 2 aromatic heterocycles. The molecule has 1 fully saturated rings. The largest absolute Gasteiger partial charge is 0.462 e. The molecule has 0 aliphatic heterocycles. The van der Waals surface area contributed by atoms with Crippen molar-refractivity contribution in [3.8, 4) is 11.4 Å². The molecular formula is C19H18ClN3O3. The first-order valence-corrected chi connectivity index (χ1v) is 8.96. The predicted molar refractivity (Wildman–Crippen MR) is 98.9 cm³/mol. The second-order valence-electron chi connectivity index (χ2n) is 6.51. The fraction of sp³-hybridized carbons (Fsp3) is 0.316. The lowest BCUT2D eigenvalue weighted by molar-refractivity contribution is 0.0525. The van der Waals surface area contributed by atoms with Gasteiger partial charge in [0.05, 0.1) is 12.2 Å². The minimum atomic E-state index is -0.417. The lowest BCUT2D eigenvalue weighted by Gasteiger charge is -2.05. The van der Waals surface area contributed by atoms with Crippen LogP contribution >= 0.6 is 11.6 Å². The van der Waals surface area contributed by atoms with Crippen molar-refractivity contribution in [1.82, 2.24) is 14.6 Å². The molecular weight excluding hydrogens is 354 g/mol. The number of ether oxygens (including phenoxy) is 1. The number of aromatic amines is 1. The molecule has 2 heterocycles. The average molecular weight is 372 g/mol. The zero-order valence-electron chi connectivity index (χ0n) is 14.5. The van der Waals surface area contributed by atoms with Crippen molar-refractivity contribution in [2.24, 2.45) is 0 Å². The topological polar surface area (TPSA) is 76.5 Å². The van der Waals surface area contributed by atoms with Crippen molar-refractivity contribution in [2.75, 3.05) is 6.61 Å². The van der Waals surface area contributed by atoms with Gasteiger partial charge in [-0.15, -0.1) is 5.10 Å². The molecule has 7 heteroatoms. The van der Waals surface area contributed by atoms with Crippen molar-refractivity contribution in [3.05, 3.63) is 56.5 Å². The van der Waals surface area contributed by atoms with Gasteiger partial charge in [-0.3, -0.25) is 4.79 Å². The minimum Gasteiger partial charge on any atom is -0.462 e. The predicted octanol–water partition coefficient (Wildman–Crippen LogP) is 3.71. The Bertz CT molecular complexity index is 1080. The highest BCUT2D eigenvalue weighted by atomic mass is 35.5. The van der Waals surface area contributed by atoms with E-state index in [2.05, 4.69) is 10.1 Å². The molecule has 0 atom stereocenters. The molecule has 26 heavy (non-hydrogen) atoms. The molecule has 0 amide bonds. The van der Waals surface area contributed by atoms with E-state index in [0.717, 1.165) is 24.0 Å². The number of esters is 1. The van der Waals surface area contributed by atoms with Gasteiger partial charge in [-0.2, -0.15) is 0 Å². The van der Waals surface area contributed by atoms with Gasteiger partial charge in [-0.25, -0.2) is 9.31 Å². The highest BCUT2D eigenvalue weighted by Crippen LogP contribution is 2.43. The second kappa shape index (κ2) is 6.29. The van der Waals surface area contributed by atoms with E-state index in [4.69, 9.17) is 16.3 Å². The third-order valence-corrected chi connectivity index (χ3v) is 5.01. The molecule has 0 bridgehead atoms. The summed E-state index contributed by atoms with van der Waals surface area (Å²) in [5.74, 6) is 0.193. The van der Waals surface area contributed by atoms with Crippen LogP contribution in [0.4, 0.5) is 0 Å². The van der Waals surface area contributed by atoms with Gasteiger partial charge in [0.15, 0.2) is 5.82 Å². The molecule has 6 nitrogen and oxygen atoms in total. The highest BCUT2D eigenvalue weighted by molar-refractivity contribution is 6.31.